The zero-order chi connectivity index (χ0) is 13.5. The van der Waals surface area contributed by atoms with Crippen molar-refractivity contribution in [1.82, 2.24) is 9.80 Å². The zero-order valence-corrected chi connectivity index (χ0v) is 10.7. The summed E-state index contributed by atoms with van der Waals surface area (Å²) in [5.41, 5.74) is 0. The number of ether oxygens (including phenoxy) is 1. The Hall–Kier alpha value is -1.56. The van der Waals surface area contributed by atoms with Crippen molar-refractivity contribution in [3.05, 3.63) is 12.7 Å². The van der Waals surface area contributed by atoms with Crippen LogP contribution in [0.15, 0.2) is 12.7 Å². The van der Waals surface area contributed by atoms with E-state index in [4.69, 9.17) is 9.84 Å². The van der Waals surface area contributed by atoms with E-state index in [9.17, 15) is 9.59 Å². The minimum atomic E-state index is -1.02. The number of aliphatic carboxylic acids is 1. The van der Waals surface area contributed by atoms with Crippen LogP contribution in [-0.2, 0) is 9.53 Å². The molecule has 1 N–H and O–H groups in total. The van der Waals surface area contributed by atoms with Crippen LogP contribution in [0.2, 0.25) is 0 Å². The van der Waals surface area contributed by atoms with E-state index in [0.717, 1.165) is 6.42 Å². The van der Waals surface area contributed by atoms with E-state index < -0.39 is 5.97 Å². The lowest BCUT2D eigenvalue weighted by molar-refractivity contribution is -0.137. The van der Waals surface area contributed by atoms with Gasteiger partial charge < -0.3 is 19.6 Å². The van der Waals surface area contributed by atoms with Gasteiger partial charge in [0.1, 0.15) is 6.54 Å². The van der Waals surface area contributed by atoms with Gasteiger partial charge in [0.25, 0.3) is 0 Å². The second kappa shape index (κ2) is 7.00. The van der Waals surface area contributed by atoms with Gasteiger partial charge in [-0.15, -0.1) is 6.58 Å². The first-order valence-electron chi connectivity index (χ1n) is 6.06. The summed E-state index contributed by atoms with van der Waals surface area (Å²) in [4.78, 5) is 26.0. The zero-order valence-electron chi connectivity index (χ0n) is 10.7. The van der Waals surface area contributed by atoms with Gasteiger partial charge >= 0.3 is 12.0 Å². The predicted molar refractivity (Wildman–Crippen MR) is 66.4 cm³/mol. The molecule has 0 bridgehead atoms. The topological polar surface area (TPSA) is 70.1 Å². The summed E-state index contributed by atoms with van der Waals surface area (Å²) in [5, 5.41) is 8.81. The van der Waals surface area contributed by atoms with Crippen LogP contribution in [0.5, 0.6) is 0 Å². The normalized spacial score (nSPS) is 19.4. The second-order valence-corrected chi connectivity index (χ2v) is 4.18. The van der Waals surface area contributed by atoms with E-state index in [-0.39, 0.29) is 25.2 Å². The summed E-state index contributed by atoms with van der Waals surface area (Å²) >= 11 is 0. The summed E-state index contributed by atoms with van der Waals surface area (Å²) in [6, 6.07) is -0.236. The van der Waals surface area contributed by atoms with Gasteiger partial charge in [-0.1, -0.05) is 13.0 Å². The predicted octanol–water partition coefficient (Wildman–Crippen LogP) is 0.790. The molecular weight excluding hydrogens is 236 g/mol. The molecule has 0 spiro atoms. The molecule has 0 aromatic carbocycles. The number of urea groups is 1. The Labute approximate surface area is 107 Å². The maximum Gasteiger partial charge on any atom is 0.323 e. The molecule has 1 aliphatic rings. The highest BCUT2D eigenvalue weighted by Crippen LogP contribution is 2.13. The average Bonchev–Trinajstić information content (AvgIpc) is 2.37. The van der Waals surface area contributed by atoms with Crippen LogP contribution in [0.3, 0.4) is 0 Å². The van der Waals surface area contributed by atoms with Gasteiger partial charge in [-0.05, 0) is 6.42 Å². The first kappa shape index (κ1) is 14.5. The van der Waals surface area contributed by atoms with Crippen LogP contribution >= 0.6 is 0 Å². The monoisotopic (exact) mass is 256 g/mol. The minimum Gasteiger partial charge on any atom is -0.480 e. The minimum absolute atomic E-state index is 0.0207. The summed E-state index contributed by atoms with van der Waals surface area (Å²) < 4.78 is 5.33. The molecule has 0 aromatic heterocycles. The number of rotatable bonds is 5. The van der Waals surface area contributed by atoms with E-state index in [2.05, 4.69) is 6.58 Å². The van der Waals surface area contributed by atoms with E-state index in [1.165, 1.54) is 11.0 Å². The van der Waals surface area contributed by atoms with Crippen LogP contribution in [-0.4, -0.2) is 65.8 Å². The lowest BCUT2D eigenvalue weighted by atomic mass is 10.2. The molecule has 1 unspecified atom stereocenters. The largest absolute Gasteiger partial charge is 0.480 e. The van der Waals surface area contributed by atoms with Gasteiger partial charge in [0.15, 0.2) is 0 Å². The molecule has 0 saturated carbocycles. The van der Waals surface area contributed by atoms with E-state index in [1.54, 1.807) is 4.90 Å². The Morgan fingerprint density at radius 3 is 2.89 bits per heavy atom. The Morgan fingerprint density at radius 1 is 1.61 bits per heavy atom. The smallest absolute Gasteiger partial charge is 0.323 e. The number of carboxylic acid groups (broad SMARTS) is 1. The number of nitrogens with zero attached hydrogens (tertiary/aromatic N) is 2. The second-order valence-electron chi connectivity index (χ2n) is 4.18. The first-order chi connectivity index (χ1) is 8.60. The summed E-state index contributed by atoms with van der Waals surface area (Å²) in [5.74, 6) is -1.02. The van der Waals surface area contributed by atoms with Gasteiger partial charge in [-0.2, -0.15) is 0 Å². The van der Waals surface area contributed by atoms with Crippen molar-refractivity contribution in [2.45, 2.75) is 19.4 Å². The average molecular weight is 256 g/mol. The third-order valence-corrected chi connectivity index (χ3v) is 2.89. The molecule has 1 heterocycles. The van der Waals surface area contributed by atoms with Crippen LogP contribution in [0.4, 0.5) is 4.79 Å². The van der Waals surface area contributed by atoms with Crippen molar-refractivity contribution in [2.24, 2.45) is 0 Å². The molecule has 6 heteroatoms. The van der Waals surface area contributed by atoms with Gasteiger partial charge in [0.05, 0.1) is 19.3 Å². The number of morpholine rings is 1. The maximum atomic E-state index is 12.3. The van der Waals surface area contributed by atoms with E-state index >= 15 is 0 Å². The van der Waals surface area contributed by atoms with Crippen molar-refractivity contribution in [3.8, 4) is 0 Å². The van der Waals surface area contributed by atoms with Gasteiger partial charge in [-0.3, -0.25) is 4.79 Å². The highest BCUT2D eigenvalue weighted by Gasteiger charge is 2.29. The van der Waals surface area contributed by atoms with E-state index in [1.807, 2.05) is 6.92 Å². The highest BCUT2D eigenvalue weighted by molar-refractivity contribution is 5.80. The van der Waals surface area contributed by atoms with Crippen molar-refractivity contribution in [1.29, 1.82) is 0 Å². The lowest BCUT2D eigenvalue weighted by Crippen LogP contribution is -2.54. The number of carbonyl (C=O) groups is 2. The fraction of sp³-hybridized carbons (Fsp3) is 0.667. The lowest BCUT2D eigenvalue weighted by Gasteiger charge is -2.37. The molecular formula is C12H20N2O4. The highest BCUT2D eigenvalue weighted by atomic mass is 16.5. The fourth-order valence-corrected chi connectivity index (χ4v) is 1.96. The summed E-state index contributed by atoms with van der Waals surface area (Å²) in [6.45, 7) is 6.97. The molecule has 0 radical (unpaired) electrons. The number of hydrogen-bond donors (Lipinski definition) is 1. The standard InChI is InChI=1S/C12H20N2O4/c1-3-5-13(8-11(15)16)12(17)14-6-7-18-9-10(14)4-2/h3,10H,1,4-9H2,2H3,(H,15,16). The maximum absolute atomic E-state index is 12.3. The third kappa shape index (κ3) is 3.73. The fourth-order valence-electron chi connectivity index (χ4n) is 1.96. The molecule has 1 fully saturated rings. The van der Waals surface area contributed by atoms with Gasteiger partial charge in [0, 0.05) is 13.1 Å². The number of amides is 2. The molecule has 0 aromatic rings. The first-order valence-corrected chi connectivity index (χ1v) is 6.06. The van der Waals surface area contributed by atoms with Crippen LogP contribution in [0.25, 0.3) is 0 Å². The third-order valence-electron chi connectivity index (χ3n) is 2.89. The van der Waals surface area contributed by atoms with Crippen LogP contribution in [0.1, 0.15) is 13.3 Å². The Kier molecular flexibility index (Phi) is 5.64. The number of hydrogen-bond acceptors (Lipinski definition) is 3. The summed E-state index contributed by atoms with van der Waals surface area (Å²) in [6.07, 6.45) is 2.32. The molecule has 0 aliphatic carbocycles. The quantitative estimate of drug-likeness (QED) is 0.738. The molecule has 102 valence electrons. The molecule has 1 aliphatic heterocycles. The van der Waals surface area contributed by atoms with Crippen molar-refractivity contribution < 1.29 is 19.4 Å². The Bertz CT molecular complexity index is 319. The van der Waals surface area contributed by atoms with Crippen molar-refractivity contribution in [3.63, 3.8) is 0 Å². The number of carboxylic acids is 1. The van der Waals surface area contributed by atoms with E-state index in [0.29, 0.717) is 19.8 Å². The van der Waals surface area contributed by atoms with Crippen LogP contribution < -0.4 is 0 Å². The molecule has 1 rings (SSSR count). The number of carbonyl (C=O) groups excluding carboxylic acids is 1. The molecule has 1 atom stereocenters. The Morgan fingerprint density at radius 2 is 2.33 bits per heavy atom. The van der Waals surface area contributed by atoms with Crippen molar-refractivity contribution >= 4 is 12.0 Å². The molecule has 1 saturated heterocycles. The van der Waals surface area contributed by atoms with Crippen LogP contribution in [0, 0.1) is 0 Å². The SMILES string of the molecule is C=CCN(CC(=O)O)C(=O)N1CCOCC1CC. The van der Waals surface area contributed by atoms with Crippen molar-refractivity contribution in [2.75, 3.05) is 32.8 Å². The van der Waals surface area contributed by atoms with Gasteiger partial charge in [0.2, 0.25) is 0 Å². The Balaban J connectivity index is 2.73. The summed E-state index contributed by atoms with van der Waals surface area (Å²) in [7, 11) is 0. The van der Waals surface area contributed by atoms with Gasteiger partial charge in [-0.25, -0.2) is 4.79 Å². The molecule has 2 amide bonds. The molecule has 18 heavy (non-hydrogen) atoms. The molecule has 6 nitrogen and oxygen atoms in total.